The van der Waals surface area contributed by atoms with Crippen LogP contribution in [-0.2, 0) is 13.6 Å². The van der Waals surface area contributed by atoms with E-state index in [2.05, 4.69) is 0 Å². The molecule has 0 saturated carbocycles. The summed E-state index contributed by atoms with van der Waals surface area (Å²) in [7, 11) is 0. The number of carbonyl (C=O) groups excluding carboxylic acids is 1. The summed E-state index contributed by atoms with van der Waals surface area (Å²) in [5.74, 6) is -0.503. The molecule has 1 heterocycles. The number of esters is 1. The molecule has 0 saturated heterocycles. The number of ether oxygens (including phenoxy) is 1. The van der Waals surface area contributed by atoms with E-state index in [0.717, 1.165) is 5.56 Å². The van der Waals surface area contributed by atoms with Gasteiger partial charge in [-0.2, -0.15) is 0 Å². The van der Waals surface area contributed by atoms with Crippen LogP contribution in [0.4, 0.5) is 4.39 Å². The van der Waals surface area contributed by atoms with Crippen molar-refractivity contribution < 1.29 is 13.9 Å². The maximum atomic E-state index is 13.0. The Labute approximate surface area is 114 Å². The van der Waals surface area contributed by atoms with Crippen molar-refractivity contribution in [2.75, 3.05) is 6.61 Å². The van der Waals surface area contributed by atoms with E-state index < -0.39 is 4.08 Å². The van der Waals surface area contributed by atoms with Gasteiger partial charge in [-0.3, -0.25) is 4.79 Å². The number of hydrogen-bond donors (Lipinski definition) is 0. The lowest BCUT2D eigenvalue weighted by Crippen LogP contribution is -2.21. The minimum atomic E-state index is -0.417. The van der Waals surface area contributed by atoms with Gasteiger partial charge in [-0.15, -0.1) is 23.5 Å². The highest BCUT2D eigenvalue weighted by Gasteiger charge is 2.38. The van der Waals surface area contributed by atoms with Crippen molar-refractivity contribution >= 4 is 29.5 Å². The Morgan fingerprint density at radius 3 is 2.44 bits per heavy atom. The third-order valence-electron chi connectivity index (χ3n) is 2.54. The van der Waals surface area contributed by atoms with Crippen LogP contribution in [0.15, 0.2) is 35.1 Å². The van der Waals surface area contributed by atoms with Crippen molar-refractivity contribution in [1.29, 1.82) is 0 Å². The summed E-state index contributed by atoms with van der Waals surface area (Å²) in [6.07, 6.45) is 0.273. The second-order valence-corrected chi connectivity index (χ2v) is 6.42. The Kier molecular flexibility index (Phi) is 4.35. The van der Waals surface area contributed by atoms with Gasteiger partial charge in [-0.25, -0.2) is 4.39 Å². The SMILES string of the molecule is CCOC(=O)CC1(c2ccc(F)cc2)SC=CS1. The molecule has 0 radical (unpaired) electrons. The first-order valence-electron chi connectivity index (χ1n) is 5.58. The van der Waals surface area contributed by atoms with E-state index >= 15 is 0 Å². The molecule has 0 aromatic heterocycles. The quantitative estimate of drug-likeness (QED) is 0.784. The summed E-state index contributed by atoms with van der Waals surface area (Å²) in [4.78, 5) is 11.7. The van der Waals surface area contributed by atoms with E-state index in [-0.39, 0.29) is 18.2 Å². The fraction of sp³-hybridized carbons (Fsp3) is 0.308. The predicted octanol–water partition coefficient (Wildman–Crippen LogP) is 3.88. The van der Waals surface area contributed by atoms with Crippen LogP contribution in [0.2, 0.25) is 0 Å². The molecule has 5 heteroatoms. The summed E-state index contributed by atoms with van der Waals surface area (Å²) >= 11 is 3.12. The third-order valence-corrected chi connectivity index (χ3v) is 5.35. The van der Waals surface area contributed by atoms with Gasteiger partial charge in [0.1, 0.15) is 9.90 Å². The van der Waals surface area contributed by atoms with Crippen LogP contribution in [-0.4, -0.2) is 12.6 Å². The molecule has 18 heavy (non-hydrogen) atoms. The predicted molar refractivity (Wildman–Crippen MR) is 73.7 cm³/mol. The van der Waals surface area contributed by atoms with Gasteiger partial charge in [0.15, 0.2) is 0 Å². The first-order chi connectivity index (χ1) is 8.66. The summed E-state index contributed by atoms with van der Waals surface area (Å²) in [5, 5.41) is 3.90. The zero-order valence-electron chi connectivity index (χ0n) is 9.89. The van der Waals surface area contributed by atoms with Gasteiger partial charge in [0.05, 0.1) is 13.0 Å². The van der Waals surface area contributed by atoms with Crippen molar-refractivity contribution in [2.45, 2.75) is 17.4 Å². The fourth-order valence-corrected chi connectivity index (χ4v) is 4.12. The van der Waals surface area contributed by atoms with Crippen LogP contribution in [0.5, 0.6) is 0 Å². The number of thioether (sulfide) groups is 2. The standard InChI is InChI=1S/C13H13FO2S2/c1-2-16-12(15)9-13(17-7-8-18-13)10-3-5-11(14)6-4-10/h3-8H,2,9H2,1H3. The number of benzene rings is 1. The van der Waals surface area contributed by atoms with Gasteiger partial charge in [0.2, 0.25) is 0 Å². The van der Waals surface area contributed by atoms with E-state index in [1.54, 1.807) is 42.6 Å². The smallest absolute Gasteiger partial charge is 0.308 e. The van der Waals surface area contributed by atoms with Gasteiger partial charge in [0.25, 0.3) is 0 Å². The maximum Gasteiger partial charge on any atom is 0.308 e. The molecule has 0 bridgehead atoms. The number of rotatable bonds is 4. The lowest BCUT2D eigenvalue weighted by Gasteiger charge is -2.26. The van der Waals surface area contributed by atoms with Crippen molar-refractivity contribution in [3.63, 3.8) is 0 Å². The van der Waals surface area contributed by atoms with Crippen LogP contribution in [0.3, 0.4) is 0 Å². The Balaban J connectivity index is 2.21. The highest BCUT2D eigenvalue weighted by atomic mass is 32.2. The van der Waals surface area contributed by atoms with Gasteiger partial charge in [0, 0.05) is 0 Å². The molecule has 2 nitrogen and oxygen atoms in total. The molecular formula is C13H13FO2S2. The molecule has 0 N–H and O–H groups in total. The highest BCUT2D eigenvalue weighted by molar-refractivity contribution is 8.22. The van der Waals surface area contributed by atoms with Crippen molar-refractivity contribution in [1.82, 2.24) is 0 Å². The van der Waals surface area contributed by atoms with Crippen molar-refractivity contribution in [3.8, 4) is 0 Å². The minimum Gasteiger partial charge on any atom is -0.466 e. The Hall–Kier alpha value is -0.940. The van der Waals surface area contributed by atoms with Crippen molar-refractivity contribution in [2.24, 2.45) is 0 Å². The van der Waals surface area contributed by atoms with E-state index in [0.29, 0.717) is 6.61 Å². The molecule has 0 atom stereocenters. The van der Waals surface area contributed by atoms with Gasteiger partial charge < -0.3 is 4.74 Å². The largest absolute Gasteiger partial charge is 0.466 e. The molecule has 0 spiro atoms. The summed E-state index contributed by atoms with van der Waals surface area (Å²) < 4.78 is 17.6. The Morgan fingerprint density at radius 1 is 1.28 bits per heavy atom. The third kappa shape index (κ3) is 2.90. The van der Waals surface area contributed by atoms with Crippen LogP contribution in [0.1, 0.15) is 18.9 Å². The molecule has 1 aromatic carbocycles. The van der Waals surface area contributed by atoms with Crippen molar-refractivity contribution in [3.05, 3.63) is 46.5 Å². The van der Waals surface area contributed by atoms with Gasteiger partial charge >= 0.3 is 5.97 Å². The van der Waals surface area contributed by atoms with E-state index in [1.807, 2.05) is 10.8 Å². The normalized spacial score (nSPS) is 16.8. The molecule has 96 valence electrons. The molecular weight excluding hydrogens is 271 g/mol. The topological polar surface area (TPSA) is 26.3 Å². The number of halogens is 1. The van der Waals surface area contributed by atoms with Gasteiger partial charge in [-0.05, 0) is 35.4 Å². The number of carbonyl (C=O) groups is 1. The van der Waals surface area contributed by atoms with E-state index in [1.165, 1.54) is 12.1 Å². The molecule has 0 amide bonds. The maximum absolute atomic E-state index is 13.0. The van der Waals surface area contributed by atoms with Crippen LogP contribution < -0.4 is 0 Å². The Bertz CT molecular complexity index is 449. The second-order valence-electron chi connectivity index (χ2n) is 3.75. The molecule has 1 aromatic rings. The second kappa shape index (κ2) is 5.80. The molecule has 0 fully saturated rings. The number of hydrogen-bond acceptors (Lipinski definition) is 4. The lowest BCUT2D eigenvalue weighted by atomic mass is 10.1. The lowest BCUT2D eigenvalue weighted by molar-refractivity contribution is -0.143. The minimum absolute atomic E-state index is 0.231. The first kappa shape index (κ1) is 13.5. The summed E-state index contributed by atoms with van der Waals surface area (Å²) in [5.41, 5.74) is 0.928. The fourth-order valence-electron chi connectivity index (χ4n) is 1.73. The molecule has 1 aliphatic heterocycles. The monoisotopic (exact) mass is 284 g/mol. The highest BCUT2D eigenvalue weighted by Crippen LogP contribution is 2.55. The average molecular weight is 284 g/mol. The Morgan fingerprint density at radius 2 is 1.89 bits per heavy atom. The first-order valence-corrected chi connectivity index (χ1v) is 7.34. The average Bonchev–Trinajstić information content (AvgIpc) is 2.79. The summed E-state index contributed by atoms with van der Waals surface area (Å²) in [6.45, 7) is 2.16. The molecule has 2 rings (SSSR count). The van der Waals surface area contributed by atoms with Gasteiger partial charge in [-0.1, -0.05) is 12.1 Å². The van der Waals surface area contributed by atoms with Crippen LogP contribution in [0, 0.1) is 5.82 Å². The molecule has 0 aliphatic carbocycles. The zero-order valence-corrected chi connectivity index (χ0v) is 11.5. The zero-order chi connectivity index (χ0) is 13.0. The van der Waals surface area contributed by atoms with E-state index in [9.17, 15) is 9.18 Å². The van der Waals surface area contributed by atoms with Crippen LogP contribution >= 0.6 is 23.5 Å². The van der Waals surface area contributed by atoms with E-state index in [4.69, 9.17) is 4.74 Å². The van der Waals surface area contributed by atoms with Crippen LogP contribution in [0.25, 0.3) is 0 Å². The summed E-state index contributed by atoms with van der Waals surface area (Å²) in [6, 6.07) is 6.28. The molecule has 1 aliphatic rings. The molecule has 0 unspecified atom stereocenters.